The maximum atomic E-state index is 13.6. The summed E-state index contributed by atoms with van der Waals surface area (Å²) >= 11 is 0. The van der Waals surface area contributed by atoms with Crippen LogP contribution in [0.2, 0.25) is 0 Å². The molecular formula is C16H21FN4O2. The van der Waals surface area contributed by atoms with E-state index in [9.17, 15) is 9.18 Å². The lowest BCUT2D eigenvalue weighted by atomic mass is 10.3. The van der Waals surface area contributed by atoms with Crippen molar-refractivity contribution in [1.29, 1.82) is 5.26 Å². The van der Waals surface area contributed by atoms with Gasteiger partial charge >= 0.3 is 6.03 Å². The van der Waals surface area contributed by atoms with Crippen LogP contribution in [-0.4, -0.2) is 61.8 Å². The number of nitrogens with zero attached hydrogens (tertiary/aromatic N) is 3. The molecule has 0 bridgehead atoms. The second-order valence-electron chi connectivity index (χ2n) is 5.26. The molecule has 2 rings (SSSR count). The highest BCUT2D eigenvalue weighted by Gasteiger charge is 2.17. The van der Waals surface area contributed by atoms with E-state index in [0.717, 1.165) is 13.1 Å². The quantitative estimate of drug-likeness (QED) is 0.869. The second-order valence-corrected chi connectivity index (χ2v) is 5.26. The van der Waals surface area contributed by atoms with E-state index < -0.39 is 11.8 Å². The van der Waals surface area contributed by atoms with Crippen molar-refractivity contribution in [2.45, 2.75) is 6.42 Å². The van der Waals surface area contributed by atoms with Crippen LogP contribution in [-0.2, 0) is 4.74 Å². The van der Waals surface area contributed by atoms with Crippen LogP contribution in [0.4, 0.5) is 14.9 Å². The van der Waals surface area contributed by atoms with Crippen LogP contribution in [0.15, 0.2) is 24.3 Å². The fraction of sp³-hybridized carbons (Fsp3) is 0.500. The first-order valence-electron chi connectivity index (χ1n) is 7.68. The summed E-state index contributed by atoms with van der Waals surface area (Å²) in [5.74, 6) is -0.478. The molecule has 1 aromatic carbocycles. The van der Waals surface area contributed by atoms with Gasteiger partial charge in [0.15, 0.2) is 0 Å². The van der Waals surface area contributed by atoms with E-state index in [2.05, 4.69) is 10.2 Å². The summed E-state index contributed by atoms with van der Waals surface area (Å²) in [6.45, 7) is 4.57. The van der Waals surface area contributed by atoms with Gasteiger partial charge in [0.25, 0.3) is 0 Å². The zero-order valence-corrected chi connectivity index (χ0v) is 13.0. The monoisotopic (exact) mass is 320 g/mol. The van der Waals surface area contributed by atoms with Gasteiger partial charge < -0.3 is 15.0 Å². The van der Waals surface area contributed by atoms with Crippen molar-refractivity contribution in [1.82, 2.24) is 9.80 Å². The number of para-hydroxylation sites is 1. The summed E-state index contributed by atoms with van der Waals surface area (Å²) in [5.41, 5.74) is 0.144. The molecule has 0 atom stereocenters. The fourth-order valence-electron chi connectivity index (χ4n) is 2.34. The van der Waals surface area contributed by atoms with Gasteiger partial charge in [-0.25, -0.2) is 9.18 Å². The van der Waals surface area contributed by atoms with Crippen LogP contribution in [0.5, 0.6) is 0 Å². The van der Waals surface area contributed by atoms with Crippen LogP contribution >= 0.6 is 0 Å². The Morgan fingerprint density at radius 3 is 2.78 bits per heavy atom. The van der Waals surface area contributed by atoms with Crippen molar-refractivity contribution in [3.8, 4) is 6.07 Å². The molecule has 1 N–H and O–H groups in total. The number of urea groups is 1. The molecule has 1 fully saturated rings. The normalized spacial score (nSPS) is 15.0. The predicted molar refractivity (Wildman–Crippen MR) is 84.5 cm³/mol. The lowest BCUT2D eigenvalue weighted by Crippen LogP contribution is -2.44. The first-order chi connectivity index (χ1) is 11.2. The molecule has 6 nitrogen and oxygen atoms in total. The van der Waals surface area contributed by atoms with Crippen LogP contribution in [0.1, 0.15) is 6.42 Å². The average Bonchev–Trinajstić information content (AvgIpc) is 2.58. The molecule has 2 amide bonds. The average molecular weight is 320 g/mol. The number of rotatable bonds is 6. The van der Waals surface area contributed by atoms with Crippen molar-refractivity contribution in [2.24, 2.45) is 0 Å². The van der Waals surface area contributed by atoms with Crippen LogP contribution in [0, 0.1) is 17.1 Å². The van der Waals surface area contributed by atoms with Crippen molar-refractivity contribution in [2.75, 3.05) is 51.3 Å². The molecule has 0 radical (unpaired) electrons. The Morgan fingerprint density at radius 2 is 2.09 bits per heavy atom. The van der Waals surface area contributed by atoms with Crippen molar-refractivity contribution in [3.63, 3.8) is 0 Å². The van der Waals surface area contributed by atoms with E-state index in [1.165, 1.54) is 12.1 Å². The largest absolute Gasteiger partial charge is 0.379 e. The first-order valence-corrected chi connectivity index (χ1v) is 7.68. The third-order valence-corrected chi connectivity index (χ3v) is 3.69. The zero-order valence-electron chi connectivity index (χ0n) is 13.0. The highest BCUT2D eigenvalue weighted by atomic mass is 19.1. The van der Waals surface area contributed by atoms with E-state index in [1.807, 2.05) is 6.07 Å². The van der Waals surface area contributed by atoms with Crippen molar-refractivity contribution < 1.29 is 13.9 Å². The van der Waals surface area contributed by atoms with Crippen molar-refractivity contribution >= 4 is 11.7 Å². The summed E-state index contributed by atoms with van der Waals surface area (Å²) in [6, 6.07) is 7.68. The Labute approximate surface area is 135 Å². The lowest BCUT2D eigenvalue weighted by Gasteiger charge is -2.30. The van der Waals surface area contributed by atoms with Crippen LogP contribution < -0.4 is 5.32 Å². The topological polar surface area (TPSA) is 68.6 Å². The highest BCUT2D eigenvalue weighted by molar-refractivity contribution is 5.89. The molecule has 1 aliphatic heterocycles. The number of benzene rings is 1. The summed E-state index contributed by atoms with van der Waals surface area (Å²) in [5, 5.41) is 11.3. The first kappa shape index (κ1) is 17.2. The molecule has 0 aliphatic carbocycles. The van der Waals surface area contributed by atoms with Gasteiger partial charge in [-0.1, -0.05) is 12.1 Å². The summed E-state index contributed by atoms with van der Waals surface area (Å²) in [7, 11) is 0. The van der Waals surface area contributed by atoms with Gasteiger partial charge in [-0.05, 0) is 12.1 Å². The third-order valence-electron chi connectivity index (χ3n) is 3.69. The smallest absolute Gasteiger partial charge is 0.322 e. The number of amides is 2. The molecule has 1 saturated heterocycles. The molecule has 7 heteroatoms. The Kier molecular flexibility index (Phi) is 6.78. The van der Waals surface area contributed by atoms with Gasteiger partial charge in [0, 0.05) is 32.7 Å². The Balaban J connectivity index is 1.91. The Bertz CT molecular complexity index is 555. The molecule has 124 valence electrons. The molecule has 0 spiro atoms. The number of hydrogen-bond donors (Lipinski definition) is 1. The number of morpholine rings is 1. The standard InChI is InChI=1S/C16H21FN4O2/c17-14-4-1-2-5-15(14)19-16(22)21(7-3-6-18)9-8-20-10-12-23-13-11-20/h1-2,4-5H,3,7-13H2,(H,19,22). The minimum atomic E-state index is -0.478. The SMILES string of the molecule is N#CCCN(CCN1CCOCC1)C(=O)Nc1ccccc1F. The van der Waals surface area contributed by atoms with Gasteiger partial charge in [0.05, 0.1) is 31.4 Å². The molecular weight excluding hydrogens is 299 g/mol. The number of nitrogens with one attached hydrogen (secondary N) is 1. The van der Waals surface area contributed by atoms with Gasteiger partial charge in [-0.15, -0.1) is 0 Å². The third kappa shape index (κ3) is 5.51. The van der Waals surface area contributed by atoms with Crippen LogP contribution in [0.25, 0.3) is 0 Å². The number of ether oxygens (including phenoxy) is 1. The Morgan fingerprint density at radius 1 is 1.35 bits per heavy atom. The number of nitriles is 1. The molecule has 1 heterocycles. The summed E-state index contributed by atoms with van der Waals surface area (Å²) < 4.78 is 18.9. The number of halogens is 1. The fourth-order valence-corrected chi connectivity index (χ4v) is 2.34. The molecule has 1 aliphatic rings. The summed E-state index contributed by atoms with van der Waals surface area (Å²) in [4.78, 5) is 16.1. The lowest BCUT2D eigenvalue weighted by molar-refractivity contribution is 0.0352. The molecule has 0 aromatic heterocycles. The predicted octanol–water partition coefficient (Wildman–Crippen LogP) is 1.91. The van der Waals surface area contributed by atoms with Gasteiger partial charge in [-0.3, -0.25) is 4.90 Å². The van der Waals surface area contributed by atoms with E-state index in [4.69, 9.17) is 10.00 Å². The highest BCUT2D eigenvalue weighted by Crippen LogP contribution is 2.13. The van der Waals surface area contributed by atoms with Crippen LogP contribution in [0.3, 0.4) is 0 Å². The van der Waals surface area contributed by atoms with E-state index in [1.54, 1.807) is 17.0 Å². The molecule has 1 aromatic rings. The van der Waals surface area contributed by atoms with Gasteiger partial charge in [0.1, 0.15) is 5.82 Å². The number of hydrogen-bond acceptors (Lipinski definition) is 4. The van der Waals surface area contributed by atoms with E-state index in [0.29, 0.717) is 32.8 Å². The molecule has 0 saturated carbocycles. The maximum Gasteiger partial charge on any atom is 0.322 e. The number of carbonyl (C=O) groups is 1. The van der Waals surface area contributed by atoms with E-state index in [-0.39, 0.29) is 12.1 Å². The molecule has 0 unspecified atom stereocenters. The number of carbonyl (C=O) groups excluding carboxylic acids is 1. The minimum Gasteiger partial charge on any atom is -0.379 e. The van der Waals surface area contributed by atoms with Gasteiger partial charge in [0.2, 0.25) is 0 Å². The van der Waals surface area contributed by atoms with E-state index >= 15 is 0 Å². The maximum absolute atomic E-state index is 13.6. The number of anilines is 1. The molecule has 23 heavy (non-hydrogen) atoms. The Hall–Kier alpha value is -2.17. The zero-order chi connectivity index (χ0) is 16.5. The van der Waals surface area contributed by atoms with Gasteiger partial charge in [-0.2, -0.15) is 5.26 Å². The minimum absolute atomic E-state index is 0.144. The summed E-state index contributed by atoms with van der Waals surface area (Å²) in [6.07, 6.45) is 0.244. The second kappa shape index (κ2) is 9.08. The van der Waals surface area contributed by atoms with Crippen molar-refractivity contribution in [3.05, 3.63) is 30.1 Å².